The number of nitrogens with two attached hydrogens (primary N) is 1. The molecule has 0 saturated heterocycles. The molecule has 1 aromatic carbocycles. The molecular weight excluding hydrogens is 226 g/mol. The van der Waals surface area contributed by atoms with Crippen LogP contribution in [-0.4, -0.2) is 9.78 Å². The van der Waals surface area contributed by atoms with Crippen molar-refractivity contribution in [3.8, 4) is 0 Å². The van der Waals surface area contributed by atoms with Crippen molar-refractivity contribution in [2.45, 2.75) is 20.4 Å². The van der Waals surface area contributed by atoms with Crippen molar-refractivity contribution >= 4 is 16.8 Å². The molecule has 0 bridgehead atoms. The highest BCUT2D eigenvalue weighted by molar-refractivity contribution is 5.82. The summed E-state index contributed by atoms with van der Waals surface area (Å²) in [5.74, 6) is 1.63. The zero-order valence-corrected chi connectivity index (χ0v) is 10.5. The van der Waals surface area contributed by atoms with Gasteiger partial charge < -0.3 is 10.2 Å². The molecule has 0 amide bonds. The molecule has 0 spiro atoms. The van der Waals surface area contributed by atoms with Crippen LogP contribution in [0.1, 0.15) is 16.9 Å². The molecule has 0 aliphatic rings. The lowest BCUT2D eigenvalue weighted by atomic mass is 10.1. The largest absolute Gasteiger partial charge is 0.461 e. The monoisotopic (exact) mass is 241 g/mol. The van der Waals surface area contributed by atoms with Crippen LogP contribution in [0, 0.1) is 13.8 Å². The van der Waals surface area contributed by atoms with Gasteiger partial charge >= 0.3 is 0 Å². The average molecular weight is 241 g/mol. The van der Waals surface area contributed by atoms with E-state index in [1.54, 1.807) is 10.9 Å². The molecule has 0 unspecified atom stereocenters. The van der Waals surface area contributed by atoms with Crippen LogP contribution in [-0.2, 0) is 6.54 Å². The van der Waals surface area contributed by atoms with Crippen LogP contribution < -0.4 is 5.73 Å². The Morgan fingerprint density at radius 3 is 2.78 bits per heavy atom. The molecule has 92 valence electrons. The summed E-state index contributed by atoms with van der Waals surface area (Å²) in [6.07, 6.45) is 1.78. The molecule has 2 heterocycles. The minimum Gasteiger partial charge on any atom is -0.461 e. The number of aryl methyl sites for hydroxylation is 2. The highest BCUT2D eigenvalue weighted by Crippen LogP contribution is 2.26. The van der Waals surface area contributed by atoms with Crippen molar-refractivity contribution in [2.24, 2.45) is 0 Å². The third-order valence-corrected chi connectivity index (χ3v) is 3.28. The number of benzene rings is 1. The van der Waals surface area contributed by atoms with E-state index < -0.39 is 0 Å². The van der Waals surface area contributed by atoms with E-state index in [1.807, 2.05) is 32.0 Å². The van der Waals surface area contributed by atoms with E-state index in [-0.39, 0.29) is 0 Å². The lowest BCUT2D eigenvalue weighted by Crippen LogP contribution is -2.06. The Morgan fingerprint density at radius 2 is 2.06 bits per heavy atom. The number of hydrogen-bond acceptors (Lipinski definition) is 3. The van der Waals surface area contributed by atoms with Gasteiger partial charge in [-0.05, 0) is 19.9 Å². The second-order valence-corrected chi connectivity index (χ2v) is 4.50. The smallest absolute Gasteiger partial charge is 0.134 e. The van der Waals surface area contributed by atoms with E-state index in [0.717, 1.165) is 27.9 Å². The molecule has 3 rings (SSSR count). The van der Waals surface area contributed by atoms with Gasteiger partial charge in [0, 0.05) is 16.5 Å². The highest BCUT2D eigenvalue weighted by atomic mass is 16.3. The summed E-state index contributed by atoms with van der Waals surface area (Å²) in [4.78, 5) is 0. The molecule has 0 fully saturated rings. The third kappa shape index (κ3) is 1.57. The maximum Gasteiger partial charge on any atom is 0.134 e. The summed E-state index contributed by atoms with van der Waals surface area (Å²) in [7, 11) is 0. The predicted molar refractivity (Wildman–Crippen MR) is 71.4 cm³/mol. The van der Waals surface area contributed by atoms with Crippen LogP contribution in [0.15, 0.2) is 34.9 Å². The Hall–Kier alpha value is -2.23. The predicted octanol–water partition coefficient (Wildman–Crippen LogP) is 2.88. The zero-order chi connectivity index (χ0) is 12.7. The minimum atomic E-state index is 0.641. The van der Waals surface area contributed by atoms with E-state index in [1.165, 1.54) is 0 Å². The van der Waals surface area contributed by atoms with Crippen molar-refractivity contribution in [1.29, 1.82) is 0 Å². The summed E-state index contributed by atoms with van der Waals surface area (Å²) in [6.45, 7) is 4.57. The third-order valence-electron chi connectivity index (χ3n) is 3.28. The molecular formula is C14H15N3O. The van der Waals surface area contributed by atoms with Crippen LogP contribution in [0.2, 0.25) is 0 Å². The first-order valence-electron chi connectivity index (χ1n) is 5.91. The van der Waals surface area contributed by atoms with Gasteiger partial charge in [0.15, 0.2) is 0 Å². The highest BCUT2D eigenvalue weighted by Gasteiger charge is 2.12. The van der Waals surface area contributed by atoms with Crippen LogP contribution in [0.25, 0.3) is 11.0 Å². The van der Waals surface area contributed by atoms with Crippen LogP contribution in [0.3, 0.4) is 0 Å². The number of rotatable bonds is 2. The standard InChI is InChI=1S/C14H15N3O/c1-9-7-16-17(14(9)15)8-12-10(2)18-13-6-4-3-5-11(12)13/h3-7H,8,15H2,1-2H3. The van der Waals surface area contributed by atoms with E-state index in [2.05, 4.69) is 11.2 Å². The zero-order valence-electron chi connectivity index (χ0n) is 10.5. The molecule has 3 aromatic rings. The van der Waals surface area contributed by atoms with E-state index in [0.29, 0.717) is 12.4 Å². The van der Waals surface area contributed by atoms with Gasteiger partial charge in [0.05, 0.1) is 12.7 Å². The van der Waals surface area contributed by atoms with E-state index in [4.69, 9.17) is 10.2 Å². The summed E-state index contributed by atoms with van der Waals surface area (Å²) in [5.41, 5.74) is 9.03. The fourth-order valence-corrected chi connectivity index (χ4v) is 2.18. The Balaban J connectivity index is 2.10. The van der Waals surface area contributed by atoms with Crippen LogP contribution in [0.4, 0.5) is 5.82 Å². The first kappa shape index (κ1) is 10.9. The van der Waals surface area contributed by atoms with Crippen molar-refractivity contribution in [3.05, 3.63) is 47.3 Å². The molecule has 2 aromatic heterocycles. The molecule has 0 aliphatic carbocycles. The molecule has 0 radical (unpaired) electrons. The molecule has 0 aliphatic heterocycles. The molecule has 4 heteroatoms. The van der Waals surface area contributed by atoms with Gasteiger partial charge in [0.1, 0.15) is 17.2 Å². The van der Waals surface area contributed by atoms with Gasteiger partial charge in [-0.25, -0.2) is 4.68 Å². The molecule has 4 nitrogen and oxygen atoms in total. The quantitative estimate of drug-likeness (QED) is 0.750. The average Bonchev–Trinajstić information content (AvgIpc) is 2.85. The van der Waals surface area contributed by atoms with Gasteiger partial charge in [-0.1, -0.05) is 18.2 Å². The maximum atomic E-state index is 5.98. The summed E-state index contributed by atoms with van der Waals surface area (Å²) >= 11 is 0. The SMILES string of the molecule is Cc1cnn(Cc2c(C)oc3ccccc23)c1N. The number of anilines is 1. The van der Waals surface area contributed by atoms with Gasteiger partial charge in [-0.15, -0.1) is 0 Å². The Labute approximate surface area is 105 Å². The number of nitrogens with zero attached hydrogens (tertiary/aromatic N) is 2. The van der Waals surface area contributed by atoms with E-state index >= 15 is 0 Å². The normalized spacial score (nSPS) is 11.2. The van der Waals surface area contributed by atoms with Gasteiger partial charge in [0.2, 0.25) is 0 Å². The number of furan rings is 1. The number of nitrogen functional groups attached to an aromatic ring is 1. The van der Waals surface area contributed by atoms with Crippen molar-refractivity contribution in [3.63, 3.8) is 0 Å². The summed E-state index contributed by atoms with van der Waals surface area (Å²) in [6, 6.07) is 8.03. The van der Waals surface area contributed by atoms with Gasteiger partial charge in [-0.3, -0.25) is 0 Å². The number of aromatic nitrogens is 2. The summed E-state index contributed by atoms with van der Waals surface area (Å²) < 4.78 is 7.54. The topological polar surface area (TPSA) is 57.0 Å². The first-order valence-corrected chi connectivity index (χ1v) is 5.91. The van der Waals surface area contributed by atoms with Crippen LogP contribution in [0.5, 0.6) is 0 Å². The molecule has 18 heavy (non-hydrogen) atoms. The lowest BCUT2D eigenvalue weighted by molar-refractivity contribution is 0.565. The minimum absolute atomic E-state index is 0.641. The fourth-order valence-electron chi connectivity index (χ4n) is 2.18. The number of para-hydroxylation sites is 1. The van der Waals surface area contributed by atoms with Gasteiger partial charge in [0.25, 0.3) is 0 Å². The number of hydrogen-bond donors (Lipinski definition) is 1. The molecule has 0 saturated carbocycles. The number of fused-ring (bicyclic) bond motifs is 1. The first-order chi connectivity index (χ1) is 8.66. The van der Waals surface area contributed by atoms with Crippen molar-refractivity contribution in [2.75, 3.05) is 5.73 Å². The maximum absolute atomic E-state index is 5.98. The second-order valence-electron chi connectivity index (χ2n) is 4.50. The van der Waals surface area contributed by atoms with E-state index in [9.17, 15) is 0 Å². The Kier molecular flexibility index (Phi) is 2.37. The lowest BCUT2D eigenvalue weighted by Gasteiger charge is -2.04. The Bertz CT molecular complexity index is 709. The van der Waals surface area contributed by atoms with Crippen LogP contribution >= 0.6 is 0 Å². The summed E-state index contributed by atoms with van der Waals surface area (Å²) in [5, 5.41) is 5.42. The second kappa shape index (κ2) is 3.91. The van der Waals surface area contributed by atoms with Crippen molar-refractivity contribution in [1.82, 2.24) is 9.78 Å². The molecule has 2 N–H and O–H groups in total. The Morgan fingerprint density at radius 1 is 1.28 bits per heavy atom. The fraction of sp³-hybridized carbons (Fsp3) is 0.214. The van der Waals surface area contributed by atoms with Crippen molar-refractivity contribution < 1.29 is 4.42 Å². The molecule has 0 atom stereocenters. The van der Waals surface area contributed by atoms with Gasteiger partial charge in [-0.2, -0.15) is 5.10 Å².